The standard InChI is InChI=1S/C15H23N.C14H22N2O/c1-13(2)16-10-8-15(9-11-16)12-14-6-4-3-5-7-14;1-12(2)15-8-10-16(11-9-15)13-6-4-5-7-14(13)17-3/h3-7,13,15H,8-12H2,1-2H3;4-7,12H,8-11H2,1-3H3. The molecule has 0 N–H and O–H groups in total. The van der Waals surface area contributed by atoms with Gasteiger partial charge in [-0.25, -0.2) is 0 Å². The van der Waals surface area contributed by atoms with E-state index >= 15 is 0 Å². The van der Waals surface area contributed by atoms with Crippen LogP contribution in [-0.2, 0) is 6.42 Å². The quantitative estimate of drug-likeness (QED) is 0.571. The topological polar surface area (TPSA) is 19.0 Å². The number of likely N-dealkylation sites (tertiary alicyclic amines) is 1. The van der Waals surface area contributed by atoms with Crippen molar-refractivity contribution in [2.75, 3.05) is 51.3 Å². The summed E-state index contributed by atoms with van der Waals surface area (Å²) in [5.41, 5.74) is 2.73. The fourth-order valence-corrected chi connectivity index (χ4v) is 4.99. The zero-order chi connectivity index (χ0) is 23.6. The molecule has 0 amide bonds. The Hall–Kier alpha value is -2.04. The summed E-state index contributed by atoms with van der Waals surface area (Å²) in [6, 6.07) is 20.6. The molecule has 2 saturated heterocycles. The second-order valence-corrected chi connectivity index (χ2v) is 10.1. The molecule has 33 heavy (non-hydrogen) atoms. The molecule has 0 spiro atoms. The number of hydrogen-bond acceptors (Lipinski definition) is 4. The summed E-state index contributed by atoms with van der Waals surface area (Å²) in [5, 5.41) is 0. The Kier molecular flexibility index (Phi) is 10.1. The van der Waals surface area contributed by atoms with E-state index in [2.05, 4.69) is 84.9 Å². The van der Waals surface area contributed by atoms with Crippen LogP contribution in [0.15, 0.2) is 54.6 Å². The van der Waals surface area contributed by atoms with Crippen LogP contribution in [0.4, 0.5) is 5.69 Å². The molecule has 0 unspecified atom stereocenters. The lowest BCUT2D eigenvalue weighted by molar-refractivity contribution is 0.149. The van der Waals surface area contributed by atoms with Crippen LogP contribution in [0.1, 0.15) is 46.1 Å². The van der Waals surface area contributed by atoms with E-state index in [0.29, 0.717) is 6.04 Å². The number of anilines is 1. The number of para-hydroxylation sites is 2. The van der Waals surface area contributed by atoms with Crippen LogP contribution in [0.3, 0.4) is 0 Å². The van der Waals surface area contributed by atoms with Gasteiger partial charge in [0.05, 0.1) is 12.8 Å². The smallest absolute Gasteiger partial charge is 0.142 e. The number of hydrogen-bond donors (Lipinski definition) is 0. The molecule has 4 rings (SSSR count). The molecule has 2 aliphatic heterocycles. The van der Waals surface area contributed by atoms with E-state index < -0.39 is 0 Å². The van der Waals surface area contributed by atoms with Crippen molar-refractivity contribution in [3.05, 3.63) is 60.2 Å². The van der Waals surface area contributed by atoms with Crippen molar-refractivity contribution in [3.63, 3.8) is 0 Å². The van der Waals surface area contributed by atoms with Gasteiger partial charge in [0.15, 0.2) is 0 Å². The van der Waals surface area contributed by atoms with Gasteiger partial charge in [0.2, 0.25) is 0 Å². The van der Waals surface area contributed by atoms with Gasteiger partial charge in [-0.3, -0.25) is 4.90 Å². The largest absolute Gasteiger partial charge is 0.495 e. The van der Waals surface area contributed by atoms with Crippen LogP contribution in [0, 0.1) is 5.92 Å². The number of nitrogens with zero attached hydrogens (tertiary/aromatic N) is 3. The van der Waals surface area contributed by atoms with Crippen molar-refractivity contribution < 1.29 is 4.74 Å². The van der Waals surface area contributed by atoms with Gasteiger partial charge in [0.1, 0.15) is 5.75 Å². The molecule has 0 radical (unpaired) electrons. The first-order chi connectivity index (χ1) is 16.0. The Morgan fingerprint density at radius 1 is 0.727 bits per heavy atom. The second kappa shape index (κ2) is 13.0. The molecule has 0 atom stereocenters. The summed E-state index contributed by atoms with van der Waals surface area (Å²) >= 11 is 0. The third-order valence-electron chi connectivity index (χ3n) is 7.22. The lowest BCUT2D eigenvalue weighted by atomic mass is 9.90. The third kappa shape index (κ3) is 7.75. The maximum Gasteiger partial charge on any atom is 0.142 e. The predicted octanol–water partition coefficient (Wildman–Crippen LogP) is 5.58. The monoisotopic (exact) mass is 451 g/mol. The van der Waals surface area contributed by atoms with E-state index in [1.54, 1.807) is 7.11 Å². The molecule has 0 aliphatic carbocycles. The van der Waals surface area contributed by atoms with Crippen LogP contribution < -0.4 is 9.64 Å². The molecule has 2 fully saturated rings. The highest BCUT2D eigenvalue weighted by Crippen LogP contribution is 2.28. The fourth-order valence-electron chi connectivity index (χ4n) is 4.99. The Bertz CT molecular complexity index is 792. The number of ether oxygens (including phenoxy) is 1. The number of piperazine rings is 1. The Balaban J connectivity index is 0.000000186. The molecule has 2 aliphatic rings. The summed E-state index contributed by atoms with van der Waals surface area (Å²) in [6.07, 6.45) is 4.01. The molecule has 2 aromatic rings. The van der Waals surface area contributed by atoms with Gasteiger partial charge in [-0.05, 0) is 83.7 Å². The van der Waals surface area contributed by atoms with E-state index in [0.717, 1.165) is 43.9 Å². The maximum atomic E-state index is 5.42. The van der Waals surface area contributed by atoms with Gasteiger partial charge in [-0.15, -0.1) is 0 Å². The highest BCUT2D eigenvalue weighted by atomic mass is 16.5. The van der Waals surface area contributed by atoms with Gasteiger partial charge < -0.3 is 14.5 Å². The van der Waals surface area contributed by atoms with E-state index in [4.69, 9.17) is 4.74 Å². The lowest BCUT2D eigenvalue weighted by Crippen LogP contribution is -2.48. The summed E-state index contributed by atoms with van der Waals surface area (Å²) in [4.78, 5) is 7.53. The minimum absolute atomic E-state index is 0.648. The summed E-state index contributed by atoms with van der Waals surface area (Å²) in [6.45, 7) is 16.1. The van der Waals surface area contributed by atoms with Crippen LogP contribution in [0.25, 0.3) is 0 Å². The average Bonchev–Trinajstić information content (AvgIpc) is 2.85. The van der Waals surface area contributed by atoms with Crippen molar-refractivity contribution in [2.24, 2.45) is 5.92 Å². The van der Waals surface area contributed by atoms with Crippen LogP contribution in [-0.4, -0.2) is 68.3 Å². The van der Waals surface area contributed by atoms with Gasteiger partial charge in [-0.2, -0.15) is 0 Å². The summed E-state index contributed by atoms with van der Waals surface area (Å²) in [5.74, 6) is 1.88. The van der Waals surface area contributed by atoms with Crippen LogP contribution in [0.2, 0.25) is 0 Å². The van der Waals surface area contributed by atoms with E-state index in [9.17, 15) is 0 Å². The normalized spacial score (nSPS) is 18.3. The molecule has 0 bridgehead atoms. The number of methoxy groups -OCH3 is 1. The highest BCUT2D eigenvalue weighted by Gasteiger charge is 2.21. The zero-order valence-electron chi connectivity index (χ0n) is 21.5. The first-order valence-corrected chi connectivity index (χ1v) is 12.9. The molecular formula is C29H45N3O. The van der Waals surface area contributed by atoms with E-state index in [1.165, 1.54) is 43.6 Å². The summed E-state index contributed by atoms with van der Waals surface area (Å²) in [7, 11) is 1.74. The molecule has 4 nitrogen and oxygen atoms in total. The van der Waals surface area contributed by atoms with E-state index in [-0.39, 0.29) is 0 Å². The van der Waals surface area contributed by atoms with Crippen molar-refractivity contribution in [1.82, 2.24) is 9.80 Å². The molecule has 182 valence electrons. The first kappa shape index (κ1) is 25.6. The van der Waals surface area contributed by atoms with Gasteiger partial charge in [-0.1, -0.05) is 42.5 Å². The van der Waals surface area contributed by atoms with Crippen LogP contribution in [0.5, 0.6) is 5.75 Å². The zero-order valence-corrected chi connectivity index (χ0v) is 21.5. The average molecular weight is 452 g/mol. The maximum absolute atomic E-state index is 5.42. The molecule has 2 aromatic carbocycles. The molecule has 0 saturated carbocycles. The minimum Gasteiger partial charge on any atom is -0.495 e. The molecule has 2 heterocycles. The Morgan fingerprint density at radius 3 is 1.85 bits per heavy atom. The molecule has 0 aromatic heterocycles. The van der Waals surface area contributed by atoms with Crippen molar-refractivity contribution in [1.29, 1.82) is 0 Å². The second-order valence-electron chi connectivity index (χ2n) is 10.1. The predicted molar refractivity (Wildman–Crippen MR) is 141 cm³/mol. The molecular weight excluding hydrogens is 406 g/mol. The van der Waals surface area contributed by atoms with Gasteiger partial charge in [0.25, 0.3) is 0 Å². The van der Waals surface area contributed by atoms with Crippen LogP contribution >= 0.6 is 0 Å². The first-order valence-electron chi connectivity index (χ1n) is 12.9. The number of rotatable bonds is 6. The minimum atomic E-state index is 0.648. The third-order valence-corrected chi connectivity index (χ3v) is 7.22. The van der Waals surface area contributed by atoms with Crippen molar-refractivity contribution in [2.45, 2.75) is 59.0 Å². The SMILES string of the molecule is CC(C)N1CCC(Cc2ccccc2)CC1.COc1ccccc1N1CCN(C(C)C)CC1. The summed E-state index contributed by atoms with van der Waals surface area (Å²) < 4.78 is 5.42. The Morgan fingerprint density at radius 2 is 1.27 bits per heavy atom. The van der Waals surface area contributed by atoms with Crippen molar-refractivity contribution in [3.8, 4) is 5.75 Å². The van der Waals surface area contributed by atoms with Gasteiger partial charge in [0, 0.05) is 38.3 Å². The van der Waals surface area contributed by atoms with Crippen molar-refractivity contribution >= 4 is 5.69 Å². The fraction of sp³-hybridized carbons (Fsp3) is 0.586. The van der Waals surface area contributed by atoms with E-state index in [1.807, 2.05) is 12.1 Å². The lowest BCUT2D eigenvalue weighted by Gasteiger charge is -2.38. The molecule has 4 heteroatoms. The van der Waals surface area contributed by atoms with Gasteiger partial charge >= 0.3 is 0 Å². The number of piperidine rings is 1. The Labute approximate surface area is 202 Å². The highest BCUT2D eigenvalue weighted by molar-refractivity contribution is 5.58. The number of benzene rings is 2.